The minimum Gasteiger partial charge on any atom is -0.421 e. The van der Waals surface area contributed by atoms with Gasteiger partial charge in [-0.2, -0.15) is 5.10 Å². The maximum Gasteiger partial charge on any atom is 0.221 e. The monoisotopic (exact) mass is 237 g/mol. The minimum absolute atomic E-state index is 0.456. The summed E-state index contributed by atoms with van der Waals surface area (Å²) in [5, 5.41) is 4.18. The van der Waals surface area contributed by atoms with Gasteiger partial charge in [-0.3, -0.25) is 0 Å². The van der Waals surface area contributed by atoms with Crippen LogP contribution in [0.15, 0.2) is 24.4 Å². The number of aromatic nitrogens is 3. The quantitative estimate of drug-likeness (QED) is 0.771. The molecule has 2 aromatic heterocycles. The SMILES string of the molecule is Cc1cc(Oc2ccc(CCl)cn2)n(C)n1. The highest BCUT2D eigenvalue weighted by Gasteiger charge is 2.05. The molecule has 0 saturated heterocycles. The van der Waals surface area contributed by atoms with E-state index in [1.54, 1.807) is 16.9 Å². The molecule has 0 aliphatic rings. The van der Waals surface area contributed by atoms with Gasteiger partial charge in [-0.25, -0.2) is 9.67 Å². The summed E-state index contributed by atoms with van der Waals surface area (Å²) in [6, 6.07) is 5.54. The third-order valence-electron chi connectivity index (χ3n) is 2.12. The Kier molecular flexibility index (Phi) is 3.10. The van der Waals surface area contributed by atoms with Crippen LogP contribution in [0, 0.1) is 6.92 Å². The molecule has 2 rings (SSSR count). The molecular formula is C11H12ClN3O. The Morgan fingerprint density at radius 1 is 1.44 bits per heavy atom. The van der Waals surface area contributed by atoms with Gasteiger partial charge in [0.2, 0.25) is 11.8 Å². The van der Waals surface area contributed by atoms with Crippen LogP contribution in [0.3, 0.4) is 0 Å². The average molecular weight is 238 g/mol. The molecule has 84 valence electrons. The largest absolute Gasteiger partial charge is 0.421 e. The van der Waals surface area contributed by atoms with Crippen LogP contribution in [0.4, 0.5) is 0 Å². The first-order valence-electron chi connectivity index (χ1n) is 4.88. The molecule has 0 radical (unpaired) electrons. The smallest absolute Gasteiger partial charge is 0.221 e. The molecule has 0 unspecified atom stereocenters. The Hall–Kier alpha value is -1.55. The zero-order valence-electron chi connectivity index (χ0n) is 9.14. The first-order valence-corrected chi connectivity index (χ1v) is 5.42. The molecule has 2 aromatic rings. The summed E-state index contributed by atoms with van der Waals surface area (Å²) in [5.74, 6) is 1.67. The van der Waals surface area contributed by atoms with Crippen molar-refractivity contribution in [1.82, 2.24) is 14.8 Å². The van der Waals surface area contributed by atoms with Gasteiger partial charge >= 0.3 is 0 Å². The lowest BCUT2D eigenvalue weighted by atomic mass is 10.3. The molecule has 2 heterocycles. The lowest BCUT2D eigenvalue weighted by Crippen LogP contribution is -1.96. The number of rotatable bonds is 3. The fraction of sp³-hybridized carbons (Fsp3) is 0.273. The third kappa shape index (κ3) is 2.33. The number of nitrogens with zero attached hydrogens (tertiary/aromatic N) is 3. The number of aryl methyl sites for hydroxylation is 2. The van der Waals surface area contributed by atoms with Crippen molar-refractivity contribution >= 4 is 11.6 Å². The molecule has 0 atom stereocenters. The van der Waals surface area contributed by atoms with Gasteiger partial charge in [-0.1, -0.05) is 6.07 Å². The van der Waals surface area contributed by atoms with E-state index in [2.05, 4.69) is 10.1 Å². The van der Waals surface area contributed by atoms with Crippen LogP contribution < -0.4 is 4.74 Å². The Bertz CT molecular complexity index is 478. The highest BCUT2D eigenvalue weighted by molar-refractivity contribution is 6.17. The molecular weight excluding hydrogens is 226 g/mol. The molecule has 4 nitrogen and oxygen atoms in total. The average Bonchev–Trinajstić information content (AvgIpc) is 2.59. The molecule has 0 aliphatic heterocycles. The standard InChI is InChI=1S/C11H12ClN3O/c1-8-5-11(15(2)14-8)16-10-4-3-9(6-12)7-13-10/h3-5,7H,6H2,1-2H3. The number of ether oxygens (including phenoxy) is 1. The number of pyridine rings is 1. The van der Waals surface area contributed by atoms with Crippen LogP contribution in [0.5, 0.6) is 11.8 Å². The molecule has 0 aromatic carbocycles. The molecule has 0 N–H and O–H groups in total. The molecule has 16 heavy (non-hydrogen) atoms. The summed E-state index contributed by atoms with van der Waals surface area (Å²) in [5.41, 5.74) is 1.88. The van der Waals surface area contributed by atoms with Gasteiger partial charge in [0.05, 0.1) is 5.69 Å². The van der Waals surface area contributed by atoms with Gasteiger partial charge in [0.15, 0.2) is 0 Å². The third-order valence-corrected chi connectivity index (χ3v) is 2.43. The molecule has 0 amide bonds. The van der Waals surface area contributed by atoms with Crippen molar-refractivity contribution < 1.29 is 4.74 Å². The summed E-state index contributed by atoms with van der Waals surface area (Å²) < 4.78 is 7.25. The van der Waals surface area contributed by atoms with Crippen LogP contribution in [-0.4, -0.2) is 14.8 Å². The number of hydrogen-bond acceptors (Lipinski definition) is 3. The second-order valence-corrected chi connectivity index (χ2v) is 3.76. The fourth-order valence-corrected chi connectivity index (χ4v) is 1.50. The van der Waals surface area contributed by atoms with Gasteiger partial charge in [0.1, 0.15) is 0 Å². The minimum atomic E-state index is 0.456. The summed E-state index contributed by atoms with van der Waals surface area (Å²) in [4.78, 5) is 4.15. The first kappa shape index (κ1) is 11.0. The van der Waals surface area contributed by atoms with E-state index in [0.717, 1.165) is 11.3 Å². The molecule has 0 saturated carbocycles. The normalized spacial score (nSPS) is 10.4. The maximum atomic E-state index is 5.67. The molecule has 0 bridgehead atoms. The number of alkyl halides is 1. The molecule has 5 heteroatoms. The molecule has 0 fully saturated rings. The van der Waals surface area contributed by atoms with Crippen LogP contribution in [-0.2, 0) is 12.9 Å². The van der Waals surface area contributed by atoms with E-state index in [1.807, 2.05) is 26.1 Å². The fourth-order valence-electron chi connectivity index (χ4n) is 1.34. The van der Waals surface area contributed by atoms with E-state index in [1.165, 1.54) is 0 Å². The second-order valence-electron chi connectivity index (χ2n) is 3.49. The zero-order valence-corrected chi connectivity index (χ0v) is 9.90. The Morgan fingerprint density at radius 3 is 2.75 bits per heavy atom. The Labute approximate surface area is 98.8 Å². The van der Waals surface area contributed by atoms with E-state index in [0.29, 0.717) is 17.6 Å². The maximum absolute atomic E-state index is 5.67. The first-order chi connectivity index (χ1) is 7.69. The van der Waals surface area contributed by atoms with Crippen molar-refractivity contribution in [2.24, 2.45) is 7.05 Å². The van der Waals surface area contributed by atoms with Crippen LogP contribution >= 0.6 is 11.6 Å². The van der Waals surface area contributed by atoms with E-state index in [4.69, 9.17) is 16.3 Å². The van der Waals surface area contributed by atoms with Crippen molar-refractivity contribution in [2.45, 2.75) is 12.8 Å². The van der Waals surface area contributed by atoms with Crippen molar-refractivity contribution in [1.29, 1.82) is 0 Å². The lowest BCUT2D eigenvalue weighted by molar-refractivity contribution is 0.415. The van der Waals surface area contributed by atoms with Gasteiger partial charge in [-0.15, -0.1) is 11.6 Å². The second kappa shape index (κ2) is 4.53. The van der Waals surface area contributed by atoms with Crippen LogP contribution in [0.2, 0.25) is 0 Å². The van der Waals surface area contributed by atoms with Gasteiger partial charge in [0.25, 0.3) is 0 Å². The molecule has 0 aliphatic carbocycles. The lowest BCUT2D eigenvalue weighted by Gasteiger charge is -2.04. The van der Waals surface area contributed by atoms with Crippen molar-refractivity contribution in [3.05, 3.63) is 35.7 Å². The summed E-state index contributed by atoms with van der Waals surface area (Å²) in [6.07, 6.45) is 1.70. The van der Waals surface area contributed by atoms with Gasteiger partial charge in [-0.05, 0) is 12.5 Å². The van der Waals surface area contributed by atoms with Crippen LogP contribution in [0.1, 0.15) is 11.3 Å². The Balaban J connectivity index is 2.17. The van der Waals surface area contributed by atoms with E-state index in [9.17, 15) is 0 Å². The summed E-state index contributed by atoms with van der Waals surface area (Å²) >= 11 is 5.67. The highest BCUT2D eigenvalue weighted by Crippen LogP contribution is 2.19. The zero-order chi connectivity index (χ0) is 11.5. The Morgan fingerprint density at radius 2 is 2.25 bits per heavy atom. The van der Waals surface area contributed by atoms with Crippen molar-refractivity contribution in [2.75, 3.05) is 0 Å². The van der Waals surface area contributed by atoms with Gasteiger partial charge in [0, 0.05) is 31.3 Å². The highest BCUT2D eigenvalue weighted by atomic mass is 35.5. The summed E-state index contributed by atoms with van der Waals surface area (Å²) in [6.45, 7) is 1.91. The number of hydrogen-bond donors (Lipinski definition) is 0. The van der Waals surface area contributed by atoms with Gasteiger partial charge < -0.3 is 4.74 Å². The van der Waals surface area contributed by atoms with E-state index in [-0.39, 0.29) is 0 Å². The van der Waals surface area contributed by atoms with E-state index < -0.39 is 0 Å². The van der Waals surface area contributed by atoms with E-state index >= 15 is 0 Å². The van der Waals surface area contributed by atoms with Crippen molar-refractivity contribution in [3.8, 4) is 11.8 Å². The predicted octanol–water partition coefficient (Wildman–Crippen LogP) is 2.65. The van der Waals surface area contributed by atoms with Crippen LogP contribution in [0.25, 0.3) is 0 Å². The molecule has 0 spiro atoms. The number of halogens is 1. The summed E-state index contributed by atoms with van der Waals surface area (Å²) in [7, 11) is 1.83. The van der Waals surface area contributed by atoms with Crippen molar-refractivity contribution in [3.63, 3.8) is 0 Å². The topological polar surface area (TPSA) is 39.9 Å². The predicted molar refractivity (Wildman–Crippen MR) is 61.8 cm³/mol.